The molecule has 0 aromatic heterocycles. The molecule has 1 aromatic rings. The molecule has 36 heavy (non-hydrogen) atoms. The van der Waals surface area contributed by atoms with Crippen molar-refractivity contribution in [3.63, 3.8) is 0 Å². The number of aliphatic imine (C=N–C) groups is 1. The fourth-order valence-electron chi connectivity index (χ4n) is 3.26. The summed E-state index contributed by atoms with van der Waals surface area (Å²) < 4.78 is 0. The van der Waals surface area contributed by atoms with E-state index in [1.807, 2.05) is 13.8 Å². The molecule has 0 heterocycles. The van der Waals surface area contributed by atoms with Crippen molar-refractivity contribution < 1.29 is 29.4 Å². The van der Waals surface area contributed by atoms with Gasteiger partial charge in [0.25, 0.3) is 0 Å². The van der Waals surface area contributed by atoms with Crippen LogP contribution in [-0.4, -0.2) is 71.1 Å². The minimum absolute atomic E-state index is 0.0461. The first kappa shape index (κ1) is 30.2. The summed E-state index contributed by atoms with van der Waals surface area (Å²) in [6.07, 6.45) is 0.920. The Bertz CT molecular complexity index is 916. The Morgan fingerprint density at radius 2 is 1.64 bits per heavy atom. The van der Waals surface area contributed by atoms with Crippen molar-refractivity contribution in [1.82, 2.24) is 16.0 Å². The first-order valence-corrected chi connectivity index (χ1v) is 11.6. The Labute approximate surface area is 209 Å². The maximum absolute atomic E-state index is 12.7. The maximum atomic E-state index is 12.7. The number of hydrogen-bond donors (Lipinski definition) is 8. The third-order valence-electron chi connectivity index (χ3n) is 5.07. The third kappa shape index (κ3) is 12.0. The van der Waals surface area contributed by atoms with Gasteiger partial charge in [-0.15, -0.1) is 0 Å². The van der Waals surface area contributed by atoms with Crippen molar-refractivity contribution in [3.05, 3.63) is 29.8 Å². The first-order chi connectivity index (χ1) is 16.9. The molecule has 13 nitrogen and oxygen atoms in total. The van der Waals surface area contributed by atoms with Gasteiger partial charge < -0.3 is 43.4 Å². The number of amides is 3. The highest BCUT2D eigenvalue weighted by atomic mass is 16.4. The molecular weight excluding hydrogens is 470 g/mol. The lowest BCUT2D eigenvalue weighted by Crippen LogP contribution is -2.54. The molecule has 0 aliphatic heterocycles. The molecule has 0 bridgehead atoms. The fourth-order valence-corrected chi connectivity index (χ4v) is 3.26. The van der Waals surface area contributed by atoms with Crippen molar-refractivity contribution in [1.29, 1.82) is 0 Å². The van der Waals surface area contributed by atoms with Crippen LogP contribution in [-0.2, 0) is 25.6 Å². The Morgan fingerprint density at radius 3 is 2.19 bits per heavy atom. The second kappa shape index (κ2) is 15.2. The number of nitrogens with two attached hydrogens (primary N) is 3. The predicted octanol–water partition coefficient (Wildman–Crippen LogP) is -1.47. The zero-order valence-corrected chi connectivity index (χ0v) is 20.6. The number of phenolic OH excluding ortho intramolecular Hbond substituents is 1. The van der Waals surface area contributed by atoms with Gasteiger partial charge in [-0.3, -0.25) is 19.4 Å². The summed E-state index contributed by atoms with van der Waals surface area (Å²) in [5.74, 6) is -3.04. The minimum atomic E-state index is -1.23. The van der Waals surface area contributed by atoms with Crippen LogP contribution >= 0.6 is 0 Å². The second-order valence-corrected chi connectivity index (χ2v) is 8.79. The van der Waals surface area contributed by atoms with Crippen molar-refractivity contribution >= 4 is 29.7 Å². The van der Waals surface area contributed by atoms with Crippen LogP contribution in [0.25, 0.3) is 0 Å². The molecule has 0 saturated heterocycles. The van der Waals surface area contributed by atoms with Crippen LogP contribution in [0, 0.1) is 5.92 Å². The summed E-state index contributed by atoms with van der Waals surface area (Å²) >= 11 is 0. The van der Waals surface area contributed by atoms with Crippen molar-refractivity contribution in [2.45, 2.75) is 57.7 Å². The van der Waals surface area contributed by atoms with Crippen LogP contribution in [0.15, 0.2) is 29.3 Å². The van der Waals surface area contributed by atoms with Crippen LogP contribution < -0.4 is 33.2 Å². The van der Waals surface area contributed by atoms with Crippen LogP contribution in [0.5, 0.6) is 5.75 Å². The molecule has 3 atom stereocenters. The van der Waals surface area contributed by atoms with Crippen LogP contribution in [0.1, 0.15) is 38.7 Å². The lowest BCUT2D eigenvalue weighted by atomic mass is 10.0. The number of nitrogens with zero attached hydrogens (tertiary/aromatic N) is 1. The number of aliphatic carboxylic acids is 1. The average Bonchev–Trinajstić information content (AvgIpc) is 2.79. The highest BCUT2D eigenvalue weighted by molar-refractivity contribution is 5.92. The van der Waals surface area contributed by atoms with Gasteiger partial charge >= 0.3 is 5.97 Å². The number of carbonyl (C=O) groups is 4. The number of benzene rings is 1. The highest BCUT2D eigenvalue weighted by Gasteiger charge is 2.26. The molecule has 3 unspecified atom stereocenters. The fraction of sp³-hybridized carbons (Fsp3) is 0.522. The van der Waals surface area contributed by atoms with Gasteiger partial charge in [0, 0.05) is 6.54 Å². The van der Waals surface area contributed by atoms with Crippen LogP contribution in [0.3, 0.4) is 0 Å². The van der Waals surface area contributed by atoms with E-state index in [0.717, 1.165) is 5.56 Å². The standard InChI is InChI=1S/C23H37N7O6/c1-13(2)10-18(30-20(33)16(24)11-14-5-7-15(31)8-6-14)21(34)28-12-19(32)29-17(22(35)36)4-3-9-27-23(25)26/h5-8,13,16-18,31H,3-4,9-12,24H2,1-2H3,(H,28,34)(H,29,32)(H,30,33)(H,35,36)(H4,25,26,27). The Kier molecular flexibility index (Phi) is 12.7. The molecule has 200 valence electrons. The van der Waals surface area contributed by atoms with Crippen LogP contribution in [0.2, 0.25) is 0 Å². The van der Waals surface area contributed by atoms with Gasteiger partial charge in [-0.25, -0.2) is 4.79 Å². The van der Waals surface area contributed by atoms with E-state index in [0.29, 0.717) is 12.8 Å². The number of carbonyl (C=O) groups excluding carboxylic acids is 3. The lowest BCUT2D eigenvalue weighted by Gasteiger charge is -2.22. The summed E-state index contributed by atoms with van der Waals surface area (Å²) in [6.45, 7) is 3.48. The number of carboxylic acid groups (broad SMARTS) is 1. The number of guanidine groups is 1. The average molecular weight is 508 g/mol. The molecule has 11 N–H and O–H groups in total. The minimum Gasteiger partial charge on any atom is -0.508 e. The van der Waals surface area contributed by atoms with Gasteiger partial charge in [0.1, 0.15) is 17.8 Å². The maximum Gasteiger partial charge on any atom is 0.326 e. The van der Waals surface area contributed by atoms with E-state index in [1.54, 1.807) is 12.1 Å². The molecule has 0 radical (unpaired) electrons. The summed E-state index contributed by atoms with van der Waals surface area (Å²) in [6, 6.07) is 3.21. The summed E-state index contributed by atoms with van der Waals surface area (Å²) in [4.78, 5) is 52.7. The predicted molar refractivity (Wildman–Crippen MR) is 134 cm³/mol. The van der Waals surface area contributed by atoms with E-state index in [2.05, 4.69) is 20.9 Å². The van der Waals surface area contributed by atoms with Crippen molar-refractivity contribution in [2.75, 3.05) is 13.1 Å². The SMILES string of the molecule is CC(C)CC(NC(=O)C(N)Cc1ccc(O)cc1)C(=O)NCC(=O)NC(CCCN=C(N)N)C(=O)O. The van der Waals surface area contributed by atoms with Crippen molar-refractivity contribution in [2.24, 2.45) is 28.1 Å². The molecule has 1 aromatic carbocycles. The normalized spacial score (nSPS) is 13.2. The van der Waals surface area contributed by atoms with Crippen LogP contribution in [0.4, 0.5) is 0 Å². The van der Waals surface area contributed by atoms with E-state index in [4.69, 9.17) is 17.2 Å². The summed E-state index contributed by atoms with van der Waals surface area (Å²) in [5.41, 5.74) is 17.2. The van der Waals surface area contributed by atoms with E-state index in [1.165, 1.54) is 12.1 Å². The second-order valence-electron chi connectivity index (χ2n) is 8.79. The van der Waals surface area contributed by atoms with E-state index in [-0.39, 0.29) is 37.0 Å². The van der Waals surface area contributed by atoms with Gasteiger partial charge in [0.05, 0.1) is 12.6 Å². The molecule has 0 spiro atoms. The largest absolute Gasteiger partial charge is 0.508 e. The first-order valence-electron chi connectivity index (χ1n) is 11.6. The molecule has 13 heteroatoms. The number of hydrogen-bond acceptors (Lipinski definition) is 7. The number of phenols is 1. The zero-order chi connectivity index (χ0) is 27.3. The Balaban J connectivity index is 2.64. The molecule has 1 rings (SSSR count). The molecule has 0 fully saturated rings. The molecule has 0 aliphatic carbocycles. The highest BCUT2D eigenvalue weighted by Crippen LogP contribution is 2.11. The number of rotatable bonds is 15. The number of aromatic hydroxyl groups is 1. The number of nitrogens with one attached hydrogen (secondary N) is 3. The summed E-state index contributed by atoms with van der Waals surface area (Å²) in [7, 11) is 0. The van der Waals surface area contributed by atoms with Gasteiger partial charge in [-0.2, -0.15) is 0 Å². The smallest absolute Gasteiger partial charge is 0.326 e. The molecule has 0 saturated carbocycles. The van der Waals surface area contributed by atoms with Gasteiger partial charge in [0.2, 0.25) is 17.7 Å². The van der Waals surface area contributed by atoms with Gasteiger partial charge in [0.15, 0.2) is 5.96 Å². The lowest BCUT2D eigenvalue weighted by molar-refractivity contribution is -0.142. The van der Waals surface area contributed by atoms with E-state index < -0.39 is 48.4 Å². The quantitative estimate of drug-likeness (QED) is 0.0784. The summed E-state index contributed by atoms with van der Waals surface area (Å²) in [5, 5.41) is 26.1. The van der Waals surface area contributed by atoms with Gasteiger partial charge in [-0.1, -0.05) is 26.0 Å². The Hall–Kier alpha value is -3.87. The zero-order valence-electron chi connectivity index (χ0n) is 20.6. The Morgan fingerprint density at radius 1 is 1.00 bits per heavy atom. The van der Waals surface area contributed by atoms with Gasteiger partial charge in [-0.05, 0) is 49.3 Å². The third-order valence-corrected chi connectivity index (χ3v) is 5.07. The van der Waals surface area contributed by atoms with E-state index in [9.17, 15) is 29.4 Å². The molecule has 3 amide bonds. The van der Waals surface area contributed by atoms with E-state index >= 15 is 0 Å². The topological polar surface area (TPSA) is 235 Å². The number of carboxylic acids is 1. The molecule has 0 aliphatic rings. The molecular formula is C23H37N7O6. The van der Waals surface area contributed by atoms with Crippen molar-refractivity contribution in [3.8, 4) is 5.75 Å². The monoisotopic (exact) mass is 507 g/mol.